The molecule has 0 atom stereocenters. The van der Waals surface area contributed by atoms with Crippen LogP contribution in [0.3, 0.4) is 0 Å². The summed E-state index contributed by atoms with van der Waals surface area (Å²) >= 11 is 0. The van der Waals surface area contributed by atoms with Crippen molar-refractivity contribution in [2.45, 2.75) is 18.6 Å². The lowest BCUT2D eigenvalue weighted by molar-refractivity contribution is -0.137. The Bertz CT molecular complexity index is 424. The van der Waals surface area contributed by atoms with E-state index in [9.17, 15) is 18.0 Å². The maximum absolute atomic E-state index is 12.3. The van der Waals surface area contributed by atoms with E-state index in [0.29, 0.717) is 18.8 Å². The molecular formula is C12H12F3NO2. The van der Waals surface area contributed by atoms with Crippen molar-refractivity contribution in [3.05, 3.63) is 35.4 Å². The Morgan fingerprint density at radius 2 is 1.89 bits per heavy atom. The first-order valence-corrected chi connectivity index (χ1v) is 5.48. The second-order valence-electron chi connectivity index (χ2n) is 4.17. The van der Waals surface area contributed by atoms with Gasteiger partial charge in [0.15, 0.2) is 0 Å². The van der Waals surface area contributed by atoms with Crippen molar-refractivity contribution in [2.24, 2.45) is 0 Å². The van der Waals surface area contributed by atoms with Crippen LogP contribution < -0.4 is 5.32 Å². The minimum Gasteiger partial charge on any atom is -0.377 e. The van der Waals surface area contributed by atoms with Gasteiger partial charge in [-0.3, -0.25) is 4.79 Å². The number of benzene rings is 1. The van der Waals surface area contributed by atoms with E-state index in [4.69, 9.17) is 4.74 Å². The van der Waals surface area contributed by atoms with E-state index >= 15 is 0 Å². The Morgan fingerprint density at radius 3 is 2.33 bits per heavy atom. The zero-order chi connectivity index (χ0) is 13.2. The molecule has 0 saturated carbocycles. The molecule has 18 heavy (non-hydrogen) atoms. The highest BCUT2D eigenvalue weighted by Gasteiger charge is 2.30. The SMILES string of the molecule is O=C(Cc1ccc(C(F)(F)F)cc1)NC1COC1. The average molecular weight is 259 g/mol. The van der Waals surface area contributed by atoms with Crippen molar-refractivity contribution in [3.63, 3.8) is 0 Å². The summed E-state index contributed by atoms with van der Waals surface area (Å²) in [6.45, 7) is 0.998. The Balaban J connectivity index is 1.91. The molecule has 3 nitrogen and oxygen atoms in total. The lowest BCUT2D eigenvalue weighted by Crippen LogP contribution is -2.49. The fraction of sp³-hybridized carbons (Fsp3) is 0.417. The van der Waals surface area contributed by atoms with Crippen molar-refractivity contribution < 1.29 is 22.7 Å². The van der Waals surface area contributed by atoms with Gasteiger partial charge in [-0.15, -0.1) is 0 Å². The molecule has 0 radical (unpaired) electrons. The van der Waals surface area contributed by atoms with E-state index in [1.807, 2.05) is 0 Å². The predicted octanol–water partition coefficient (Wildman–Crippen LogP) is 1.76. The van der Waals surface area contributed by atoms with E-state index in [-0.39, 0.29) is 18.4 Å². The number of amides is 1. The van der Waals surface area contributed by atoms with Crippen LogP contribution in [0.5, 0.6) is 0 Å². The van der Waals surface area contributed by atoms with Gasteiger partial charge in [-0.25, -0.2) is 0 Å². The molecule has 1 amide bonds. The number of ether oxygens (including phenoxy) is 1. The van der Waals surface area contributed by atoms with Crippen LogP contribution in [0.1, 0.15) is 11.1 Å². The van der Waals surface area contributed by atoms with Gasteiger partial charge in [0.1, 0.15) is 0 Å². The van der Waals surface area contributed by atoms with Crippen LogP contribution in [0.2, 0.25) is 0 Å². The summed E-state index contributed by atoms with van der Waals surface area (Å²) < 4.78 is 41.8. The molecule has 1 aromatic carbocycles. The molecule has 1 fully saturated rings. The van der Waals surface area contributed by atoms with Crippen molar-refractivity contribution in [1.29, 1.82) is 0 Å². The molecule has 0 aliphatic carbocycles. The number of hydrogen-bond acceptors (Lipinski definition) is 2. The highest BCUT2D eigenvalue weighted by molar-refractivity contribution is 5.78. The van der Waals surface area contributed by atoms with Crippen molar-refractivity contribution in [1.82, 2.24) is 5.32 Å². The van der Waals surface area contributed by atoms with Gasteiger partial charge in [-0.2, -0.15) is 13.2 Å². The van der Waals surface area contributed by atoms with Crippen LogP contribution in [0.4, 0.5) is 13.2 Å². The van der Waals surface area contributed by atoms with Crippen molar-refractivity contribution in [2.75, 3.05) is 13.2 Å². The highest BCUT2D eigenvalue weighted by atomic mass is 19.4. The van der Waals surface area contributed by atoms with Crippen LogP contribution in [-0.4, -0.2) is 25.2 Å². The normalized spacial score (nSPS) is 16.2. The lowest BCUT2D eigenvalue weighted by Gasteiger charge is -2.26. The molecule has 1 aliphatic rings. The van der Waals surface area contributed by atoms with Gasteiger partial charge in [-0.1, -0.05) is 12.1 Å². The molecule has 1 aromatic rings. The van der Waals surface area contributed by atoms with Crippen LogP contribution in [0.15, 0.2) is 24.3 Å². The molecular weight excluding hydrogens is 247 g/mol. The van der Waals surface area contributed by atoms with E-state index in [1.54, 1.807) is 0 Å². The van der Waals surface area contributed by atoms with Gasteiger partial charge < -0.3 is 10.1 Å². The Morgan fingerprint density at radius 1 is 1.28 bits per heavy atom. The van der Waals surface area contributed by atoms with Crippen molar-refractivity contribution >= 4 is 5.91 Å². The largest absolute Gasteiger partial charge is 0.416 e. The fourth-order valence-electron chi connectivity index (χ4n) is 1.59. The third-order valence-corrected chi connectivity index (χ3v) is 2.65. The standard InChI is InChI=1S/C12H12F3NO2/c13-12(14,15)9-3-1-8(2-4-9)5-11(17)16-10-6-18-7-10/h1-4,10H,5-7H2,(H,16,17). The molecule has 6 heteroatoms. The minimum atomic E-state index is -4.34. The first-order chi connectivity index (χ1) is 8.45. The number of nitrogens with one attached hydrogen (secondary N) is 1. The number of carbonyl (C=O) groups excluding carboxylic acids is 1. The van der Waals surface area contributed by atoms with E-state index in [1.165, 1.54) is 12.1 Å². The van der Waals surface area contributed by atoms with Gasteiger partial charge in [0.25, 0.3) is 0 Å². The number of rotatable bonds is 3. The first kappa shape index (κ1) is 12.9. The summed E-state index contributed by atoms with van der Waals surface area (Å²) in [4.78, 5) is 11.5. The molecule has 0 spiro atoms. The van der Waals surface area contributed by atoms with Crippen molar-refractivity contribution in [3.8, 4) is 0 Å². The maximum atomic E-state index is 12.3. The first-order valence-electron chi connectivity index (χ1n) is 5.48. The van der Waals surface area contributed by atoms with Gasteiger partial charge in [0.2, 0.25) is 5.91 Å². The molecule has 1 N–H and O–H groups in total. The Hall–Kier alpha value is -1.56. The number of halogens is 3. The lowest BCUT2D eigenvalue weighted by atomic mass is 10.1. The Kier molecular flexibility index (Phi) is 3.56. The van der Waals surface area contributed by atoms with E-state index in [0.717, 1.165) is 12.1 Å². The van der Waals surface area contributed by atoms with Crippen LogP contribution in [-0.2, 0) is 22.1 Å². The predicted molar refractivity (Wildman–Crippen MR) is 57.9 cm³/mol. The second-order valence-corrected chi connectivity index (χ2v) is 4.17. The van der Waals surface area contributed by atoms with Crippen LogP contribution in [0, 0.1) is 0 Å². The summed E-state index contributed by atoms with van der Waals surface area (Å²) in [5.74, 6) is -0.206. The third kappa shape index (κ3) is 3.22. The smallest absolute Gasteiger partial charge is 0.377 e. The van der Waals surface area contributed by atoms with E-state index in [2.05, 4.69) is 5.32 Å². The summed E-state index contributed by atoms with van der Waals surface area (Å²) in [5, 5.41) is 2.72. The topological polar surface area (TPSA) is 38.3 Å². The zero-order valence-corrected chi connectivity index (χ0v) is 9.46. The molecule has 1 heterocycles. The summed E-state index contributed by atoms with van der Waals surface area (Å²) in [5.41, 5.74) is -0.153. The Labute approximate surface area is 102 Å². The maximum Gasteiger partial charge on any atom is 0.416 e. The summed E-state index contributed by atoms with van der Waals surface area (Å²) in [7, 11) is 0. The van der Waals surface area contributed by atoms with Gasteiger partial charge >= 0.3 is 6.18 Å². The highest BCUT2D eigenvalue weighted by Crippen LogP contribution is 2.29. The van der Waals surface area contributed by atoms with Crippen LogP contribution >= 0.6 is 0 Å². The number of hydrogen-bond donors (Lipinski definition) is 1. The monoisotopic (exact) mass is 259 g/mol. The molecule has 0 unspecified atom stereocenters. The van der Waals surface area contributed by atoms with Gasteiger partial charge in [0, 0.05) is 0 Å². The third-order valence-electron chi connectivity index (χ3n) is 2.65. The zero-order valence-electron chi connectivity index (χ0n) is 9.46. The number of alkyl halides is 3. The molecule has 1 aliphatic heterocycles. The molecule has 98 valence electrons. The van der Waals surface area contributed by atoms with Gasteiger partial charge in [-0.05, 0) is 17.7 Å². The van der Waals surface area contributed by atoms with Crippen LogP contribution in [0.25, 0.3) is 0 Å². The average Bonchev–Trinajstić information content (AvgIpc) is 2.23. The molecule has 1 saturated heterocycles. The van der Waals surface area contributed by atoms with Gasteiger partial charge in [0.05, 0.1) is 31.2 Å². The second kappa shape index (κ2) is 4.97. The number of carbonyl (C=O) groups is 1. The summed E-state index contributed by atoms with van der Waals surface area (Å²) in [6.07, 6.45) is -4.27. The molecule has 2 rings (SSSR count). The fourth-order valence-corrected chi connectivity index (χ4v) is 1.59. The van der Waals surface area contributed by atoms with E-state index < -0.39 is 11.7 Å². The quantitative estimate of drug-likeness (QED) is 0.898. The summed E-state index contributed by atoms with van der Waals surface area (Å²) in [6, 6.07) is 4.63. The molecule has 0 bridgehead atoms. The minimum absolute atomic E-state index is 0.0342. The molecule has 0 aromatic heterocycles.